The number of likely N-dealkylation sites (tertiary alicyclic amines) is 1. The van der Waals surface area contributed by atoms with Crippen LogP contribution in [-0.4, -0.2) is 58.3 Å². The SMILES string of the molecule is Cl.O=c1c(Br)cc2ncccc2n1CCN1CCC(NCc2cc3c(cn2)OCCO3)CC1. The molecule has 1 saturated heterocycles. The van der Waals surface area contributed by atoms with E-state index in [2.05, 4.69) is 36.1 Å². The minimum Gasteiger partial charge on any atom is -0.486 e. The molecule has 176 valence electrons. The first-order valence-corrected chi connectivity index (χ1v) is 11.8. The van der Waals surface area contributed by atoms with Gasteiger partial charge in [-0.2, -0.15) is 0 Å². The first kappa shape index (κ1) is 23.9. The number of hydrogen-bond acceptors (Lipinski definition) is 7. The van der Waals surface area contributed by atoms with Crippen LogP contribution in [0.2, 0.25) is 0 Å². The van der Waals surface area contributed by atoms with Crippen LogP contribution in [0.1, 0.15) is 18.5 Å². The van der Waals surface area contributed by atoms with E-state index in [1.165, 1.54) is 0 Å². The summed E-state index contributed by atoms with van der Waals surface area (Å²) in [6.07, 6.45) is 5.64. The molecule has 3 aromatic heterocycles. The van der Waals surface area contributed by atoms with Crippen LogP contribution in [0.5, 0.6) is 11.5 Å². The Morgan fingerprint density at radius 1 is 1.09 bits per heavy atom. The van der Waals surface area contributed by atoms with Crippen LogP contribution < -0.4 is 20.3 Å². The molecule has 5 heterocycles. The average molecular weight is 537 g/mol. The van der Waals surface area contributed by atoms with Gasteiger partial charge in [-0.05, 0) is 60.1 Å². The number of rotatable bonds is 6. The second-order valence-electron chi connectivity index (χ2n) is 8.17. The van der Waals surface area contributed by atoms with Gasteiger partial charge in [0.05, 0.1) is 27.4 Å². The molecule has 0 saturated carbocycles. The first-order chi connectivity index (χ1) is 15.7. The first-order valence-electron chi connectivity index (χ1n) is 11.0. The minimum atomic E-state index is -0.00557. The van der Waals surface area contributed by atoms with Gasteiger partial charge >= 0.3 is 0 Å². The molecule has 1 fully saturated rings. The number of nitrogens with zero attached hydrogens (tertiary/aromatic N) is 4. The lowest BCUT2D eigenvalue weighted by Crippen LogP contribution is -2.43. The lowest BCUT2D eigenvalue weighted by atomic mass is 10.0. The second-order valence-corrected chi connectivity index (χ2v) is 9.03. The minimum absolute atomic E-state index is 0. The van der Waals surface area contributed by atoms with E-state index in [0.29, 0.717) is 36.8 Å². The van der Waals surface area contributed by atoms with Crippen molar-refractivity contribution in [1.82, 2.24) is 24.8 Å². The van der Waals surface area contributed by atoms with Gasteiger partial charge in [-0.3, -0.25) is 14.8 Å². The number of ether oxygens (including phenoxy) is 2. The lowest BCUT2D eigenvalue weighted by molar-refractivity contribution is 0.170. The number of hydrogen-bond donors (Lipinski definition) is 1. The van der Waals surface area contributed by atoms with E-state index < -0.39 is 0 Å². The number of nitrogens with one attached hydrogen (secondary N) is 1. The third kappa shape index (κ3) is 5.48. The van der Waals surface area contributed by atoms with Crippen LogP contribution in [0, 0.1) is 0 Å². The molecule has 8 nitrogen and oxygen atoms in total. The summed E-state index contributed by atoms with van der Waals surface area (Å²) in [7, 11) is 0. The molecular formula is C23H27BrClN5O3. The van der Waals surface area contributed by atoms with E-state index in [9.17, 15) is 4.79 Å². The number of fused-ring (bicyclic) bond motifs is 2. The van der Waals surface area contributed by atoms with Crippen LogP contribution >= 0.6 is 28.3 Å². The second kappa shape index (κ2) is 10.8. The molecule has 0 spiro atoms. The zero-order chi connectivity index (χ0) is 21.9. The molecule has 0 radical (unpaired) electrons. The van der Waals surface area contributed by atoms with Crippen molar-refractivity contribution in [3.63, 3.8) is 0 Å². The highest BCUT2D eigenvalue weighted by Gasteiger charge is 2.20. The van der Waals surface area contributed by atoms with Crippen LogP contribution in [-0.2, 0) is 13.1 Å². The highest BCUT2D eigenvalue weighted by atomic mass is 79.9. The molecule has 33 heavy (non-hydrogen) atoms. The molecule has 2 aliphatic heterocycles. The Kier molecular flexibility index (Phi) is 7.85. The Labute approximate surface area is 206 Å². The molecule has 0 unspecified atom stereocenters. The van der Waals surface area contributed by atoms with Crippen molar-refractivity contribution in [1.29, 1.82) is 0 Å². The molecule has 0 atom stereocenters. The van der Waals surface area contributed by atoms with Crippen molar-refractivity contribution in [3.8, 4) is 11.5 Å². The van der Waals surface area contributed by atoms with Gasteiger partial charge in [0.1, 0.15) is 13.2 Å². The summed E-state index contributed by atoms with van der Waals surface area (Å²) < 4.78 is 13.6. The molecule has 5 rings (SSSR count). The summed E-state index contributed by atoms with van der Waals surface area (Å²) in [4.78, 5) is 23.9. The van der Waals surface area contributed by atoms with E-state index in [1.807, 2.05) is 22.8 Å². The zero-order valence-electron chi connectivity index (χ0n) is 18.2. The van der Waals surface area contributed by atoms with Gasteiger partial charge in [0.25, 0.3) is 5.56 Å². The Morgan fingerprint density at radius 2 is 1.88 bits per heavy atom. The fourth-order valence-electron chi connectivity index (χ4n) is 4.33. The molecule has 0 bridgehead atoms. The monoisotopic (exact) mass is 535 g/mol. The lowest BCUT2D eigenvalue weighted by Gasteiger charge is -2.32. The standard InChI is InChI=1S/C23H26BrN5O3.ClH/c24-18-13-19-20(2-1-5-25-19)29(23(18)30)9-8-28-6-3-16(4-7-28)26-14-17-12-21-22(15-27-17)32-11-10-31-21;/h1-2,5,12-13,15-16,26H,3-4,6-11,14H2;1H. The van der Waals surface area contributed by atoms with Crippen molar-refractivity contribution in [3.05, 3.63) is 57.2 Å². The predicted octanol–water partition coefficient (Wildman–Crippen LogP) is 3.00. The summed E-state index contributed by atoms with van der Waals surface area (Å²) in [5, 5.41) is 3.62. The number of halogens is 2. The van der Waals surface area contributed by atoms with Crippen molar-refractivity contribution >= 4 is 39.4 Å². The topological polar surface area (TPSA) is 81.5 Å². The Bertz CT molecular complexity index is 1170. The molecule has 1 N–H and O–H groups in total. The Hall–Kier alpha value is -2.20. The average Bonchev–Trinajstić information content (AvgIpc) is 2.83. The maximum atomic E-state index is 12.7. The number of piperidine rings is 1. The predicted molar refractivity (Wildman–Crippen MR) is 132 cm³/mol. The van der Waals surface area contributed by atoms with E-state index in [4.69, 9.17) is 9.47 Å². The quantitative estimate of drug-likeness (QED) is 0.519. The zero-order valence-corrected chi connectivity index (χ0v) is 20.6. The smallest absolute Gasteiger partial charge is 0.265 e. The van der Waals surface area contributed by atoms with Gasteiger partial charge in [0, 0.05) is 37.9 Å². The molecule has 10 heteroatoms. The summed E-state index contributed by atoms with van der Waals surface area (Å²) >= 11 is 3.38. The summed E-state index contributed by atoms with van der Waals surface area (Å²) in [5.41, 5.74) is 2.67. The highest BCUT2D eigenvalue weighted by molar-refractivity contribution is 9.10. The van der Waals surface area contributed by atoms with Gasteiger partial charge in [-0.25, -0.2) is 0 Å². The van der Waals surface area contributed by atoms with E-state index in [0.717, 1.165) is 60.7 Å². The van der Waals surface area contributed by atoms with Crippen LogP contribution in [0.15, 0.2) is 45.9 Å². The summed E-state index contributed by atoms with van der Waals surface area (Å²) in [6.45, 7) is 5.38. The Morgan fingerprint density at radius 3 is 2.70 bits per heavy atom. The third-order valence-corrected chi connectivity index (χ3v) is 6.67. The van der Waals surface area contributed by atoms with E-state index in [-0.39, 0.29) is 18.0 Å². The van der Waals surface area contributed by atoms with Crippen LogP contribution in [0.3, 0.4) is 0 Å². The molecule has 0 aromatic carbocycles. The highest BCUT2D eigenvalue weighted by Crippen LogP contribution is 2.29. The van der Waals surface area contributed by atoms with E-state index >= 15 is 0 Å². The number of pyridine rings is 3. The number of aromatic nitrogens is 3. The van der Waals surface area contributed by atoms with Gasteiger partial charge in [0.15, 0.2) is 11.5 Å². The summed E-state index contributed by atoms with van der Waals surface area (Å²) in [5.74, 6) is 1.50. The fourth-order valence-corrected chi connectivity index (χ4v) is 4.76. The van der Waals surface area contributed by atoms with Gasteiger partial charge in [0.2, 0.25) is 0 Å². The van der Waals surface area contributed by atoms with Crippen molar-refractivity contribution in [2.75, 3.05) is 32.8 Å². The largest absolute Gasteiger partial charge is 0.486 e. The Balaban J connectivity index is 0.00000259. The maximum Gasteiger partial charge on any atom is 0.265 e. The molecule has 3 aromatic rings. The van der Waals surface area contributed by atoms with Crippen molar-refractivity contribution in [2.24, 2.45) is 0 Å². The molecular weight excluding hydrogens is 510 g/mol. The van der Waals surface area contributed by atoms with Crippen molar-refractivity contribution in [2.45, 2.75) is 32.0 Å². The fraction of sp³-hybridized carbons (Fsp3) is 0.435. The molecule has 2 aliphatic rings. The van der Waals surface area contributed by atoms with Crippen LogP contribution in [0.25, 0.3) is 11.0 Å². The molecule has 0 aliphatic carbocycles. The maximum absolute atomic E-state index is 12.7. The summed E-state index contributed by atoms with van der Waals surface area (Å²) in [6, 6.07) is 8.05. The van der Waals surface area contributed by atoms with E-state index in [1.54, 1.807) is 18.5 Å². The van der Waals surface area contributed by atoms with Gasteiger partial charge in [-0.1, -0.05) is 0 Å². The third-order valence-electron chi connectivity index (χ3n) is 6.11. The van der Waals surface area contributed by atoms with Crippen LogP contribution in [0.4, 0.5) is 0 Å². The van der Waals surface area contributed by atoms with Gasteiger partial charge < -0.3 is 24.3 Å². The molecule has 0 amide bonds. The normalized spacial score (nSPS) is 16.5. The van der Waals surface area contributed by atoms with Gasteiger partial charge in [-0.15, -0.1) is 12.4 Å². The van der Waals surface area contributed by atoms with Crippen molar-refractivity contribution < 1.29 is 9.47 Å².